The summed E-state index contributed by atoms with van der Waals surface area (Å²) < 4.78 is 0. The average Bonchev–Trinajstić information content (AvgIpc) is 2.39. The Balaban J connectivity index is 2.43. The van der Waals surface area contributed by atoms with Crippen molar-refractivity contribution < 1.29 is 0 Å². The number of aromatic nitrogens is 2. The highest BCUT2D eigenvalue weighted by molar-refractivity contribution is 6.20. The van der Waals surface area contributed by atoms with Crippen LogP contribution in [0.2, 0.25) is 0 Å². The SMILES string of the molecule is CC(C)C(Cl)Cc1ncc[nH]1. The summed E-state index contributed by atoms with van der Waals surface area (Å²) in [5, 5.41) is 0.182. The van der Waals surface area contributed by atoms with Crippen molar-refractivity contribution in [3.8, 4) is 0 Å². The molecule has 0 fully saturated rings. The van der Waals surface area contributed by atoms with Gasteiger partial charge in [0.15, 0.2) is 0 Å². The first kappa shape index (κ1) is 8.60. The van der Waals surface area contributed by atoms with E-state index in [4.69, 9.17) is 11.6 Å². The number of nitrogens with zero attached hydrogens (tertiary/aromatic N) is 1. The standard InChI is InChI=1S/C8H13ClN2/c1-6(2)7(9)5-8-10-3-4-11-8/h3-4,6-7H,5H2,1-2H3,(H,10,11). The third kappa shape index (κ3) is 2.54. The summed E-state index contributed by atoms with van der Waals surface area (Å²) in [6.45, 7) is 4.22. The number of hydrogen-bond donors (Lipinski definition) is 1. The quantitative estimate of drug-likeness (QED) is 0.696. The van der Waals surface area contributed by atoms with Crippen LogP contribution < -0.4 is 0 Å². The van der Waals surface area contributed by atoms with Crippen molar-refractivity contribution in [2.45, 2.75) is 25.6 Å². The van der Waals surface area contributed by atoms with E-state index in [1.54, 1.807) is 6.20 Å². The van der Waals surface area contributed by atoms with Crippen molar-refractivity contribution in [2.24, 2.45) is 5.92 Å². The lowest BCUT2D eigenvalue weighted by Gasteiger charge is -2.10. The molecular weight excluding hydrogens is 160 g/mol. The second-order valence-electron chi connectivity index (χ2n) is 3.00. The van der Waals surface area contributed by atoms with Gasteiger partial charge in [-0.1, -0.05) is 13.8 Å². The zero-order chi connectivity index (χ0) is 8.27. The zero-order valence-electron chi connectivity index (χ0n) is 6.84. The Labute approximate surface area is 72.0 Å². The lowest BCUT2D eigenvalue weighted by Crippen LogP contribution is -2.11. The number of aromatic amines is 1. The summed E-state index contributed by atoms with van der Waals surface area (Å²) in [4.78, 5) is 7.13. The van der Waals surface area contributed by atoms with Gasteiger partial charge in [0.05, 0.1) is 0 Å². The average molecular weight is 173 g/mol. The molecule has 1 N–H and O–H groups in total. The molecule has 1 aromatic heterocycles. The molecule has 0 radical (unpaired) electrons. The van der Waals surface area contributed by atoms with Gasteiger partial charge in [0, 0.05) is 24.2 Å². The predicted molar refractivity (Wildman–Crippen MR) is 46.8 cm³/mol. The topological polar surface area (TPSA) is 28.7 Å². The van der Waals surface area contributed by atoms with Gasteiger partial charge in [-0.15, -0.1) is 11.6 Å². The molecule has 0 saturated heterocycles. The Morgan fingerprint density at radius 3 is 2.82 bits per heavy atom. The molecule has 3 heteroatoms. The van der Waals surface area contributed by atoms with Crippen LogP contribution in [-0.4, -0.2) is 15.3 Å². The molecule has 0 saturated carbocycles. The highest BCUT2D eigenvalue weighted by atomic mass is 35.5. The summed E-state index contributed by atoms with van der Waals surface area (Å²) in [7, 11) is 0. The third-order valence-electron chi connectivity index (χ3n) is 1.67. The molecule has 1 aromatic rings. The Morgan fingerprint density at radius 2 is 2.36 bits per heavy atom. The molecule has 0 amide bonds. The first-order chi connectivity index (χ1) is 5.20. The van der Waals surface area contributed by atoms with Crippen molar-refractivity contribution in [3.05, 3.63) is 18.2 Å². The molecule has 2 nitrogen and oxygen atoms in total. The van der Waals surface area contributed by atoms with Gasteiger partial charge in [0.2, 0.25) is 0 Å². The van der Waals surface area contributed by atoms with E-state index in [1.807, 2.05) is 6.20 Å². The molecule has 1 atom stereocenters. The molecule has 62 valence electrons. The van der Waals surface area contributed by atoms with E-state index in [0.717, 1.165) is 12.2 Å². The molecule has 1 unspecified atom stereocenters. The Morgan fingerprint density at radius 1 is 1.64 bits per heavy atom. The maximum Gasteiger partial charge on any atom is 0.107 e. The molecule has 11 heavy (non-hydrogen) atoms. The van der Waals surface area contributed by atoms with E-state index in [-0.39, 0.29) is 5.38 Å². The normalized spacial score (nSPS) is 13.8. The van der Waals surface area contributed by atoms with E-state index >= 15 is 0 Å². The van der Waals surface area contributed by atoms with Crippen LogP contribution in [0.3, 0.4) is 0 Å². The van der Waals surface area contributed by atoms with Crippen molar-refractivity contribution in [1.82, 2.24) is 9.97 Å². The second kappa shape index (κ2) is 3.77. The van der Waals surface area contributed by atoms with E-state index in [0.29, 0.717) is 5.92 Å². The fraction of sp³-hybridized carbons (Fsp3) is 0.625. The lowest BCUT2D eigenvalue weighted by molar-refractivity contribution is 0.586. The molecule has 0 aliphatic heterocycles. The van der Waals surface area contributed by atoms with Gasteiger partial charge in [-0.05, 0) is 5.92 Å². The van der Waals surface area contributed by atoms with Crippen LogP contribution in [0.4, 0.5) is 0 Å². The number of nitrogens with one attached hydrogen (secondary N) is 1. The Hall–Kier alpha value is -0.500. The molecule has 0 spiro atoms. The zero-order valence-corrected chi connectivity index (χ0v) is 7.60. The first-order valence-electron chi connectivity index (χ1n) is 3.82. The van der Waals surface area contributed by atoms with Crippen molar-refractivity contribution in [3.63, 3.8) is 0 Å². The van der Waals surface area contributed by atoms with Gasteiger partial charge in [-0.3, -0.25) is 0 Å². The van der Waals surface area contributed by atoms with Gasteiger partial charge in [-0.2, -0.15) is 0 Å². The fourth-order valence-corrected chi connectivity index (χ4v) is 0.976. The summed E-state index contributed by atoms with van der Waals surface area (Å²) in [6.07, 6.45) is 4.39. The number of H-pyrrole nitrogens is 1. The molecule has 0 aliphatic carbocycles. The van der Waals surface area contributed by atoms with E-state index in [9.17, 15) is 0 Å². The number of hydrogen-bond acceptors (Lipinski definition) is 1. The summed E-state index contributed by atoms with van der Waals surface area (Å²) in [6, 6.07) is 0. The van der Waals surface area contributed by atoms with Crippen LogP contribution in [0.1, 0.15) is 19.7 Å². The molecule has 0 aliphatic rings. The van der Waals surface area contributed by atoms with E-state index < -0.39 is 0 Å². The van der Waals surface area contributed by atoms with Crippen LogP contribution in [-0.2, 0) is 6.42 Å². The minimum Gasteiger partial charge on any atom is -0.349 e. The summed E-state index contributed by atoms with van der Waals surface area (Å²) in [5.74, 6) is 1.47. The second-order valence-corrected chi connectivity index (χ2v) is 3.56. The van der Waals surface area contributed by atoms with E-state index in [2.05, 4.69) is 23.8 Å². The highest BCUT2D eigenvalue weighted by Gasteiger charge is 2.10. The molecule has 1 heterocycles. The number of rotatable bonds is 3. The Bertz CT molecular complexity index is 194. The summed E-state index contributed by atoms with van der Waals surface area (Å²) >= 11 is 6.05. The van der Waals surface area contributed by atoms with Crippen LogP contribution in [0.5, 0.6) is 0 Å². The van der Waals surface area contributed by atoms with Crippen molar-refractivity contribution in [1.29, 1.82) is 0 Å². The highest BCUT2D eigenvalue weighted by Crippen LogP contribution is 2.13. The fourth-order valence-electron chi connectivity index (χ4n) is 0.830. The van der Waals surface area contributed by atoms with Crippen LogP contribution >= 0.6 is 11.6 Å². The maximum absolute atomic E-state index is 6.05. The van der Waals surface area contributed by atoms with Gasteiger partial charge in [0.25, 0.3) is 0 Å². The summed E-state index contributed by atoms with van der Waals surface area (Å²) in [5.41, 5.74) is 0. The van der Waals surface area contributed by atoms with Crippen LogP contribution in [0.15, 0.2) is 12.4 Å². The number of halogens is 1. The monoisotopic (exact) mass is 172 g/mol. The minimum absolute atomic E-state index is 0.182. The van der Waals surface area contributed by atoms with Gasteiger partial charge in [-0.25, -0.2) is 4.98 Å². The van der Waals surface area contributed by atoms with Gasteiger partial charge >= 0.3 is 0 Å². The lowest BCUT2D eigenvalue weighted by atomic mass is 10.1. The molecular formula is C8H13ClN2. The third-order valence-corrected chi connectivity index (χ3v) is 2.32. The minimum atomic E-state index is 0.182. The number of imidazole rings is 1. The molecule has 0 aromatic carbocycles. The molecule has 0 bridgehead atoms. The Kier molecular flexibility index (Phi) is 2.94. The smallest absolute Gasteiger partial charge is 0.107 e. The first-order valence-corrected chi connectivity index (χ1v) is 4.26. The van der Waals surface area contributed by atoms with Crippen molar-refractivity contribution >= 4 is 11.6 Å². The largest absolute Gasteiger partial charge is 0.349 e. The van der Waals surface area contributed by atoms with Crippen molar-refractivity contribution in [2.75, 3.05) is 0 Å². The van der Waals surface area contributed by atoms with Gasteiger partial charge in [0.1, 0.15) is 5.82 Å². The van der Waals surface area contributed by atoms with Crippen LogP contribution in [0.25, 0.3) is 0 Å². The predicted octanol–water partition coefficient (Wildman–Crippen LogP) is 2.22. The van der Waals surface area contributed by atoms with Crippen LogP contribution in [0, 0.1) is 5.92 Å². The maximum atomic E-state index is 6.05. The van der Waals surface area contributed by atoms with E-state index in [1.165, 1.54) is 0 Å². The number of alkyl halides is 1. The van der Waals surface area contributed by atoms with Gasteiger partial charge < -0.3 is 4.98 Å². The molecule has 1 rings (SSSR count).